The Morgan fingerprint density at radius 1 is 1.12 bits per heavy atom. The van der Waals surface area contributed by atoms with Crippen LogP contribution in [0.4, 0.5) is 5.82 Å². The number of hydrogen-bond donors (Lipinski definition) is 1. The van der Waals surface area contributed by atoms with Crippen molar-refractivity contribution in [3.8, 4) is 5.75 Å². The van der Waals surface area contributed by atoms with Gasteiger partial charge in [0.05, 0.1) is 6.61 Å². The quantitative estimate of drug-likeness (QED) is 0.750. The topological polar surface area (TPSA) is 68.3 Å². The zero-order valence-corrected chi connectivity index (χ0v) is 14.0. The molecule has 0 bridgehead atoms. The van der Waals surface area contributed by atoms with Crippen molar-refractivity contribution in [2.24, 2.45) is 0 Å². The van der Waals surface area contributed by atoms with E-state index in [0.717, 1.165) is 17.7 Å². The Labute approximate surface area is 142 Å². The van der Waals surface area contributed by atoms with Gasteiger partial charge in [-0.15, -0.1) is 0 Å². The van der Waals surface area contributed by atoms with E-state index in [1.807, 2.05) is 26.0 Å². The summed E-state index contributed by atoms with van der Waals surface area (Å²) in [5.74, 6) is 1.00. The number of pyridine rings is 1. The Morgan fingerprint density at radius 3 is 2.54 bits per heavy atom. The maximum absolute atomic E-state index is 12.2. The minimum atomic E-state index is -0.215. The van der Waals surface area contributed by atoms with Crippen LogP contribution in [0, 0.1) is 6.92 Å². The van der Waals surface area contributed by atoms with Crippen molar-refractivity contribution >= 4 is 17.5 Å². The normalized spacial score (nSPS) is 10.2. The lowest BCUT2D eigenvalue weighted by molar-refractivity contribution is -0.116. The van der Waals surface area contributed by atoms with E-state index in [-0.39, 0.29) is 24.5 Å². The molecular weight excluding hydrogens is 304 g/mol. The molecule has 2 aromatic rings. The number of anilines is 1. The van der Waals surface area contributed by atoms with Crippen molar-refractivity contribution in [1.29, 1.82) is 0 Å². The van der Waals surface area contributed by atoms with Gasteiger partial charge in [0.15, 0.2) is 5.78 Å². The zero-order chi connectivity index (χ0) is 17.4. The first-order chi connectivity index (χ1) is 11.6. The van der Waals surface area contributed by atoms with Crippen molar-refractivity contribution in [2.75, 3.05) is 11.9 Å². The number of ether oxygens (including phenoxy) is 1. The third-order valence-corrected chi connectivity index (χ3v) is 3.50. The molecule has 24 heavy (non-hydrogen) atoms. The molecule has 0 radical (unpaired) electrons. The summed E-state index contributed by atoms with van der Waals surface area (Å²) in [6, 6.07) is 10.7. The molecule has 126 valence electrons. The Kier molecular flexibility index (Phi) is 6.49. The minimum absolute atomic E-state index is 0.0649. The smallest absolute Gasteiger partial charge is 0.225 e. The highest BCUT2D eigenvalue weighted by molar-refractivity contribution is 6.00. The number of Topliss-reactive ketones (excluding diaryl/α,β-unsaturated/α-hetero) is 1. The molecule has 0 spiro atoms. The van der Waals surface area contributed by atoms with Gasteiger partial charge in [-0.3, -0.25) is 9.59 Å². The number of ketones is 1. The van der Waals surface area contributed by atoms with E-state index < -0.39 is 0 Å². The number of carbonyl (C=O) groups is 2. The molecule has 1 N–H and O–H groups in total. The summed E-state index contributed by atoms with van der Waals surface area (Å²) >= 11 is 0. The lowest BCUT2D eigenvalue weighted by atomic mass is 10.1. The van der Waals surface area contributed by atoms with Crippen LogP contribution in [0.1, 0.15) is 42.1 Å². The molecule has 5 nitrogen and oxygen atoms in total. The number of nitrogens with one attached hydrogen (secondary N) is 1. The molecule has 0 saturated carbocycles. The molecule has 1 heterocycles. The summed E-state index contributed by atoms with van der Waals surface area (Å²) in [6.07, 6.45) is 2.84. The number of benzene rings is 1. The lowest BCUT2D eigenvalue weighted by Crippen LogP contribution is -2.15. The second-order valence-corrected chi connectivity index (χ2v) is 5.51. The van der Waals surface area contributed by atoms with Crippen LogP contribution >= 0.6 is 0 Å². The first kappa shape index (κ1) is 17.7. The SMILES string of the molecule is CCCOc1ccc(C(=O)CCC(=O)Nc2ncccc2C)cc1. The fraction of sp³-hybridized carbons (Fsp3) is 0.316. The maximum Gasteiger partial charge on any atom is 0.225 e. The highest BCUT2D eigenvalue weighted by atomic mass is 16.5. The van der Waals surface area contributed by atoms with Crippen molar-refractivity contribution in [3.63, 3.8) is 0 Å². The third kappa shape index (κ3) is 5.19. The van der Waals surface area contributed by atoms with E-state index in [9.17, 15) is 9.59 Å². The molecule has 1 amide bonds. The average molecular weight is 326 g/mol. The number of nitrogens with zero attached hydrogens (tertiary/aromatic N) is 1. The summed E-state index contributed by atoms with van der Waals surface area (Å²) in [6.45, 7) is 4.56. The van der Waals surface area contributed by atoms with Gasteiger partial charge in [0.25, 0.3) is 0 Å². The Morgan fingerprint density at radius 2 is 1.88 bits per heavy atom. The summed E-state index contributed by atoms with van der Waals surface area (Å²) in [4.78, 5) is 28.2. The van der Waals surface area contributed by atoms with Crippen LogP contribution in [0.5, 0.6) is 5.75 Å². The van der Waals surface area contributed by atoms with Crippen molar-refractivity contribution < 1.29 is 14.3 Å². The van der Waals surface area contributed by atoms with Crippen LogP contribution in [0.25, 0.3) is 0 Å². The number of aryl methyl sites for hydroxylation is 1. The molecule has 0 saturated heterocycles. The van der Waals surface area contributed by atoms with E-state index in [2.05, 4.69) is 10.3 Å². The van der Waals surface area contributed by atoms with Crippen molar-refractivity contribution in [2.45, 2.75) is 33.1 Å². The highest BCUT2D eigenvalue weighted by Gasteiger charge is 2.11. The number of rotatable bonds is 8. The Bertz CT molecular complexity index is 696. The van der Waals surface area contributed by atoms with Gasteiger partial charge in [0, 0.05) is 24.6 Å². The summed E-state index contributed by atoms with van der Waals surface area (Å²) in [7, 11) is 0. The molecule has 0 aliphatic heterocycles. The number of aromatic nitrogens is 1. The number of hydrogen-bond acceptors (Lipinski definition) is 4. The van der Waals surface area contributed by atoms with Crippen LogP contribution < -0.4 is 10.1 Å². The first-order valence-electron chi connectivity index (χ1n) is 8.07. The van der Waals surface area contributed by atoms with Crippen LogP contribution in [-0.2, 0) is 4.79 Å². The van der Waals surface area contributed by atoms with E-state index >= 15 is 0 Å². The predicted molar refractivity (Wildman–Crippen MR) is 93.4 cm³/mol. The summed E-state index contributed by atoms with van der Waals surface area (Å²) < 4.78 is 5.48. The molecule has 0 atom stereocenters. The van der Waals surface area contributed by atoms with E-state index in [0.29, 0.717) is 18.0 Å². The van der Waals surface area contributed by atoms with Gasteiger partial charge in [-0.05, 0) is 49.2 Å². The van der Waals surface area contributed by atoms with Gasteiger partial charge >= 0.3 is 0 Å². The second-order valence-electron chi connectivity index (χ2n) is 5.51. The average Bonchev–Trinajstić information content (AvgIpc) is 2.60. The zero-order valence-electron chi connectivity index (χ0n) is 14.0. The maximum atomic E-state index is 12.2. The van der Waals surface area contributed by atoms with Crippen LogP contribution in [0.2, 0.25) is 0 Å². The van der Waals surface area contributed by atoms with Gasteiger partial charge in [0.2, 0.25) is 5.91 Å². The third-order valence-electron chi connectivity index (χ3n) is 3.50. The molecule has 0 fully saturated rings. The van der Waals surface area contributed by atoms with E-state index in [1.54, 1.807) is 30.5 Å². The van der Waals surface area contributed by atoms with Gasteiger partial charge in [0.1, 0.15) is 11.6 Å². The Hall–Kier alpha value is -2.69. The molecule has 2 rings (SSSR count). The summed E-state index contributed by atoms with van der Waals surface area (Å²) in [5.41, 5.74) is 1.47. The monoisotopic (exact) mass is 326 g/mol. The van der Waals surface area contributed by atoms with Crippen LogP contribution in [-0.4, -0.2) is 23.3 Å². The fourth-order valence-electron chi connectivity index (χ4n) is 2.14. The molecule has 0 aliphatic carbocycles. The Balaban J connectivity index is 1.84. The largest absolute Gasteiger partial charge is 0.494 e. The fourth-order valence-corrected chi connectivity index (χ4v) is 2.14. The van der Waals surface area contributed by atoms with Gasteiger partial charge in [-0.1, -0.05) is 13.0 Å². The lowest BCUT2D eigenvalue weighted by Gasteiger charge is -2.07. The molecule has 5 heteroatoms. The van der Waals surface area contributed by atoms with Gasteiger partial charge in [-0.2, -0.15) is 0 Å². The number of amides is 1. The second kappa shape index (κ2) is 8.82. The highest BCUT2D eigenvalue weighted by Crippen LogP contribution is 2.15. The first-order valence-corrected chi connectivity index (χ1v) is 8.07. The van der Waals surface area contributed by atoms with Crippen molar-refractivity contribution in [3.05, 3.63) is 53.7 Å². The van der Waals surface area contributed by atoms with Crippen LogP contribution in [0.3, 0.4) is 0 Å². The molecule has 1 aromatic heterocycles. The molecular formula is C19H22N2O3. The molecule has 0 unspecified atom stereocenters. The molecule has 1 aromatic carbocycles. The van der Waals surface area contributed by atoms with Crippen molar-refractivity contribution in [1.82, 2.24) is 4.98 Å². The van der Waals surface area contributed by atoms with Gasteiger partial charge in [-0.25, -0.2) is 4.98 Å². The minimum Gasteiger partial charge on any atom is -0.494 e. The summed E-state index contributed by atoms with van der Waals surface area (Å²) in [5, 5.41) is 2.73. The molecule has 0 aliphatic rings. The standard InChI is InChI=1S/C19H22N2O3/c1-3-13-24-16-8-6-15(7-9-16)17(22)10-11-18(23)21-19-14(2)5-4-12-20-19/h4-9,12H,3,10-11,13H2,1-2H3,(H,20,21,23). The van der Waals surface area contributed by atoms with Crippen LogP contribution in [0.15, 0.2) is 42.6 Å². The predicted octanol–water partition coefficient (Wildman–Crippen LogP) is 3.78. The number of carbonyl (C=O) groups excluding carboxylic acids is 2. The van der Waals surface area contributed by atoms with Gasteiger partial charge < -0.3 is 10.1 Å². The van der Waals surface area contributed by atoms with E-state index in [1.165, 1.54) is 0 Å². The van der Waals surface area contributed by atoms with E-state index in [4.69, 9.17) is 4.74 Å².